The minimum Gasteiger partial charge on any atom is -0.480 e. The van der Waals surface area contributed by atoms with Crippen molar-refractivity contribution in [3.8, 4) is 5.95 Å². The zero-order valence-electron chi connectivity index (χ0n) is 9.35. The molecule has 0 aliphatic heterocycles. The van der Waals surface area contributed by atoms with E-state index < -0.39 is 23.8 Å². The van der Waals surface area contributed by atoms with Crippen molar-refractivity contribution in [1.29, 1.82) is 0 Å². The third-order valence-electron chi connectivity index (χ3n) is 3.09. The van der Waals surface area contributed by atoms with Crippen molar-refractivity contribution in [3.05, 3.63) is 27.4 Å². The summed E-state index contributed by atoms with van der Waals surface area (Å²) in [6, 6.07) is 1.63. The van der Waals surface area contributed by atoms with Crippen molar-refractivity contribution in [2.24, 2.45) is 4.99 Å². The molecule has 0 atom stereocenters. The summed E-state index contributed by atoms with van der Waals surface area (Å²) in [5.41, 5.74) is -0.849. The zero-order valence-corrected chi connectivity index (χ0v) is 10.2. The molecule has 1 aliphatic carbocycles. The van der Waals surface area contributed by atoms with Crippen molar-refractivity contribution < 1.29 is 13.9 Å². The third-order valence-corrected chi connectivity index (χ3v) is 4.04. The number of fused-ring (bicyclic) bond motifs is 1. The Hall–Kier alpha value is -1.69. The second-order valence-electron chi connectivity index (χ2n) is 4.39. The lowest BCUT2D eigenvalue weighted by Crippen LogP contribution is -2.08. The summed E-state index contributed by atoms with van der Waals surface area (Å²) in [6.07, 6.45) is 2.83. The number of hydrogen-bond donors (Lipinski definition) is 1. The summed E-state index contributed by atoms with van der Waals surface area (Å²) in [7, 11) is 0. The number of halogens is 1. The molecule has 1 N–H and O–H groups in total. The van der Waals surface area contributed by atoms with Crippen LogP contribution in [0, 0.1) is 0 Å². The maximum Gasteiger partial charge on any atom is 0.347 e. The molecule has 2 aromatic rings. The minimum atomic E-state index is -0.619. The van der Waals surface area contributed by atoms with E-state index in [1.165, 1.54) is 17.6 Å². The Kier molecular flexibility index (Phi) is 2.48. The predicted molar refractivity (Wildman–Crippen MR) is 67.6 cm³/mol. The maximum absolute atomic E-state index is 12.7. The molecule has 18 heavy (non-hydrogen) atoms. The van der Waals surface area contributed by atoms with E-state index in [0.29, 0.717) is 28.5 Å². The number of thiophene rings is 1. The Bertz CT molecular complexity index is 684. The van der Waals surface area contributed by atoms with Gasteiger partial charge in [0.1, 0.15) is 6.67 Å². The molecule has 6 heteroatoms. The number of aliphatic imine (C=N–C) groups is 1. The van der Waals surface area contributed by atoms with Gasteiger partial charge in [-0.3, -0.25) is 4.99 Å². The molecule has 0 amide bonds. The van der Waals surface area contributed by atoms with E-state index in [-0.39, 0.29) is 0 Å². The van der Waals surface area contributed by atoms with E-state index in [1.807, 2.05) is 0 Å². The first-order valence-corrected chi connectivity index (χ1v) is 6.38. The summed E-state index contributed by atoms with van der Waals surface area (Å²) >= 11 is 1.32. The number of rotatable bonds is 3. The van der Waals surface area contributed by atoms with Crippen LogP contribution in [0.2, 0.25) is 0 Å². The van der Waals surface area contributed by atoms with Gasteiger partial charge in [-0.25, -0.2) is 9.18 Å². The van der Waals surface area contributed by atoms with E-state index in [2.05, 4.69) is 4.99 Å². The second kappa shape index (κ2) is 3.91. The van der Waals surface area contributed by atoms with Crippen LogP contribution in [0.5, 0.6) is 5.95 Å². The van der Waals surface area contributed by atoms with Crippen molar-refractivity contribution in [2.75, 3.05) is 6.67 Å². The lowest BCUT2D eigenvalue weighted by Gasteiger charge is -2.03. The van der Waals surface area contributed by atoms with Gasteiger partial charge in [-0.05, 0) is 24.3 Å². The van der Waals surface area contributed by atoms with Gasteiger partial charge in [0, 0.05) is 6.21 Å². The van der Waals surface area contributed by atoms with Crippen molar-refractivity contribution in [3.63, 3.8) is 0 Å². The molecule has 1 fully saturated rings. The topological polar surface area (TPSA) is 62.8 Å². The third kappa shape index (κ3) is 1.73. The lowest BCUT2D eigenvalue weighted by molar-refractivity contribution is 0.312. The molecule has 0 spiro atoms. The molecule has 0 aromatic carbocycles. The van der Waals surface area contributed by atoms with Gasteiger partial charge in [0.25, 0.3) is 5.95 Å². The van der Waals surface area contributed by atoms with Crippen LogP contribution in [0.15, 0.2) is 25.7 Å². The average molecular weight is 267 g/mol. The van der Waals surface area contributed by atoms with E-state index in [1.54, 1.807) is 11.4 Å². The quantitative estimate of drug-likeness (QED) is 0.869. The van der Waals surface area contributed by atoms with Gasteiger partial charge in [-0.15, -0.1) is 11.3 Å². The molecule has 3 rings (SSSR count). The van der Waals surface area contributed by atoms with Crippen molar-refractivity contribution in [1.82, 2.24) is 0 Å². The van der Waals surface area contributed by atoms with Gasteiger partial charge >= 0.3 is 5.63 Å². The Morgan fingerprint density at radius 2 is 2.39 bits per heavy atom. The number of alkyl halides is 1. The Morgan fingerprint density at radius 3 is 3.06 bits per heavy atom. The number of hydrogen-bond acceptors (Lipinski definition) is 5. The van der Waals surface area contributed by atoms with Crippen LogP contribution in [-0.4, -0.2) is 23.5 Å². The van der Waals surface area contributed by atoms with Crippen LogP contribution < -0.4 is 5.63 Å². The summed E-state index contributed by atoms with van der Waals surface area (Å²) in [5.74, 6) is -0.464. The average Bonchev–Trinajstić information content (AvgIpc) is 2.96. The van der Waals surface area contributed by atoms with Crippen LogP contribution in [0.25, 0.3) is 10.1 Å². The SMILES string of the molecule is O=c1oc(O)c(C=NC2(CF)CC2)c2sccc12. The maximum atomic E-state index is 12.7. The smallest absolute Gasteiger partial charge is 0.347 e. The monoisotopic (exact) mass is 267 g/mol. The molecular weight excluding hydrogens is 257 g/mol. The molecule has 1 aliphatic rings. The summed E-state index contributed by atoms with van der Waals surface area (Å²) in [5, 5.41) is 11.8. The van der Waals surface area contributed by atoms with Gasteiger partial charge in [-0.1, -0.05) is 0 Å². The Labute approximate surface area is 105 Å². The molecule has 1 saturated carbocycles. The van der Waals surface area contributed by atoms with Gasteiger partial charge in [0.2, 0.25) is 0 Å². The van der Waals surface area contributed by atoms with Gasteiger partial charge in [0.05, 0.1) is 21.2 Å². The van der Waals surface area contributed by atoms with E-state index in [4.69, 9.17) is 4.42 Å². The second-order valence-corrected chi connectivity index (χ2v) is 5.30. The van der Waals surface area contributed by atoms with Crippen LogP contribution in [0.4, 0.5) is 4.39 Å². The fourth-order valence-corrected chi connectivity index (χ4v) is 2.62. The highest BCUT2D eigenvalue weighted by molar-refractivity contribution is 7.17. The molecule has 4 nitrogen and oxygen atoms in total. The molecule has 0 unspecified atom stereocenters. The fraction of sp³-hybridized carbons (Fsp3) is 0.333. The Balaban J connectivity index is 2.11. The van der Waals surface area contributed by atoms with Crippen LogP contribution in [0.3, 0.4) is 0 Å². The molecule has 94 valence electrons. The van der Waals surface area contributed by atoms with Crippen molar-refractivity contribution in [2.45, 2.75) is 18.4 Å². The first-order chi connectivity index (χ1) is 8.65. The Morgan fingerprint density at radius 1 is 1.61 bits per heavy atom. The summed E-state index contributed by atoms with van der Waals surface area (Å²) in [6.45, 7) is -0.505. The van der Waals surface area contributed by atoms with E-state index >= 15 is 0 Å². The molecule has 0 radical (unpaired) electrons. The van der Waals surface area contributed by atoms with Gasteiger partial charge in [-0.2, -0.15) is 0 Å². The van der Waals surface area contributed by atoms with Gasteiger partial charge < -0.3 is 9.52 Å². The first kappa shape index (κ1) is 11.4. The molecule has 2 heterocycles. The summed E-state index contributed by atoms with van der Waals surface area (Å²) in [4.78, 5) is 15.6. The van der Waals surface area contributed by atoms with E-state index in [0.717, 1.165) is 0 Å². The molecule has 2 aromatic heterocycles. The molecular formula is C12H10FNO3S. The highest BCUT2D eigenvalue weighted by atomic mass is 32.1. The standard InChI is InChI=1S/C12H10FNO3S/c13-6-12(2-3-12)14-5-8-9-7(1-4-18-9)10(15)17-11(8)16/h1,4-5,16H,2-3,6H2. The number of nitrogens with zero attached hydrogens (tertiary/aromatic N) is 1. The van der Waals surface area contributed by atoms with Crippen molar-refractivity contribution >= 4 is 27.6 Å². The highest BCUT2D eigenvalue weighted by Gasteiger charge is 2.42. The molecule has 0 saturated heterocycles. The van der Waals surface area contributed by atoms with Crippen LogP contribution >= 0.6 is 11.3 Å². The zero-order chi connectivity index (χ0) is 12.8. The van der Waals surface area contributed by atoms with Gasteiger partial charge in [0.15, 0.2) is 0 Å². The summed E-state index contributed by atoms with van der Waals surface area (Å²) < 4.78 is 18.0. The first-order valence-electron chi connectivity index (χ1n) is 5.50. The number of aromatic hydroxyl groups is 1. The fourth-order valence-electron chi connectivity index (χ4n) is 1.73. The largest absolute Gasteiger partial charge is 0.480 e. The lowest BCUT2D eigenvalue weighted by atomic mass is 10.2. The minimum absolute atomic E-state index is 0.347. The van der Waals surface area contributed by atoms with Crippen LogP contribution in [0.1, 0.15) is 18.4 Å². The normalized spacial score (nSPS) is 17.6. The highest BCUT2D eigenvalue weighted by Crippen LogP contribution is 2.40. The van der Waals surface area contributed by atoms with E-state index in [9.17, 15) is 14.3 Å². The van der Waals surface area contributed by atoms with Crippen LogP contribution in [-0.2, 0) is 0 Å². The molecule has 0 bridgehead atoms. The predicted octanol–water partition coefficient (Wildman–Crippen LogP) is 2.48.